The number of nitrogens with zero attached hydrogens (tertiary/aromatic N) is 1. The van der Waals surface area contributed by atoms with Crippen LogP contribution in [0.5, 0.6) is 0 Å². The van der Waals surface area contributed by atoms with Crippen molar-refractivity contribution < 1.29 is 4.79 Å². The number of fused-ring (bicyclic) bond motifs is 1. The highest BCUT2D eigenvalue weighted by Crippen LogP contribution is 2.15. The van der Waals surface area contributed by atoms with Gasteiger partial charge in [0.15, 0.2) is 0 Å². The Morgan fingerprint density at radius 1 is 1.15 bits per heavy atom. The molecular weight excluding hydrogens is 250 g/mol. The van der Waals surface area contributed by atoms with Gasteiger partial charge in [0.05, 0.1) is 6.33 Å². The topological polar surface area (TPSA) is 57.8 Å². The van der Waals surface area contributed by atoms with Crippen LogP contribution < -0.4 is 5.32 Å². The van der Waals surface area contributed by atoms with Gasteiger partial charge in [-0.15, -0.1) is 0 Å². The molecule has 3 rings (SSSR count). The molecule has 0 spiro atoms. The lowest BCUT2D eigenvalue weighted by Crippen LogP contribution is -2.25. The van der Waals surface area contributed by atoms with Gasteiger partial charge in [-0.25, -0.2) is 4.98 Å². The molecule has 0 saturated heterocycles. The van der Waals surface area contributed by atoms with Crippen LogP contribution in [-0.4, -0.2) is 22.4 Å². The van der Waals surface area contributed by atoms with Gasteiger partial charge in [-0.2, -0.15) is 0 Å². The zero-order valence-corrected chi connectivity index (χ0v) is 11.0. The first-order valence-electron chi connectivity index (χ1n) is 6.57. The van der Waals surface area contributed by atoms with Gasteiger partial charge in [-0.3, -0.25) is 4.79 Å². The van der Waals surface area contributed by atoms with Gasteiger partial charge in [0, 0.05) is 30.4 Å². The minimum atomic E-state index is -0.0460. The van der Waals surface area contributed by atoms with Crippen LogP contribution >= 0.6 is 0 Å². The number of hydrogen-bond acceptors (Lipinski definition) is 2. The maximum Gasteiger partial charge on any atom is 0.251 e. The van der Waals surface area contributed by atoms with Gasteiger partial charge < -0.3 is 10.3 Å². The van der Waals surface area contributed by atoms with Crippen molar-refractivity contribution in [1.82, 2.24) is 15.3 Å². The largest absolute Gasteiger partial charge is 0.352 e. The van der Waals surface area contributed by atoms with E-state index in [0.717, 1.165) is 22.9 Å². The van der Waals surface area contributed by atoms with Crippen molar-refractivity contribution in [3.63, 3.8) is 0 Å². The standard InChI is InChI=1S/C16H15N3O/c20-16(18-8-7-15-10-17-11-19-15)14-6-5-12-3-1-2-4-13(12)9-14/h1-6,9-11H,7-8H2,(H,17,19)(H,18,20). The number of carbonyl (C=O) groups is 1. The fourth-order valence-corrected chi connectivity index (χ4v) is 2.16. The fourth-order valence-electron chi connectivity index (χ4n) is 2.16. The summed E-state index contributed by atoms with van der Waals surface area (Å²) in [5.74, 6) is -0.0460. The molecule has 4 heteroatoms. The van der Waals surface area contributed by atoms with Crippen molar-refractivity contribution >= 4 is 16.7 Å². The van der Waals surface area contributed by atoms with Crippen LogP contribution in [0.15, 0.2) is 55.0 Å². The number of rotatable bonds is 4. The van der Waals surface area contributed by atoms with Gasteiger partial charge in [-0.1, -0.05) is 30.3 Å². The van der Waals surface area contributed by atoms with E-state index in [0.29, 0.717) is 12.1 Å². The van der Waals surface area contributed by atoms with E-state index in [-0.39, 0.29) is 5.91 Å². The van der Waals surface area contributed by atoms with Gasteiger partial charge in [0.25, 0.3) is 5.91 Å². The molecule has 3 aromatic rings. The minimum absolute atomic E-state index is 0.0460. The predicted molar refractivity (Wildman–Crippen MR) is 78.6 cm³/mol. The van der Waals surface area contributed by atoms with Gasteiger partial charge in [0.1, 0.15) is 0 Å². The van der Waals surface area contributed by atoms with Crippen molar-refractivity contribution in [2.45, 2.75) is 6.42 Å². The summed E-state index contributed by atoms with van der Waals surface area (Å²) in [6.45, 7) is 0.591. The molecule has 0 bridgehead atoms. The summed E-state index contributed by atoms with van der Waals surface area (Å²) in [4.78, 5) is 19.0. The Labute approximate surface area is 116 Å². The van der Waals surface area contributed by atoms with E-state index in [4.69, 9.17) is 0 Å². The van der Waals surface area contributed by atoms with E-state index in [1.807, 2.05) is 42.5 Å². The molecule has 1 amide bonds. The number of aromatic nitrogens is 2. The average molecular weight is 265 g/mol. The molecule has 0 saturated carbocycles. The van der Waals surface area contributed by atoms with Crippen LogP contribution in [-0.2, 0) is 6.42 Å². The molecule has 0 aliphatic rings. The number of H-pyrrole nitrogens is 1. The molecule has 100 valence electrons. The summed E-state index contributed by atoms with van der Waals surface area (Å²) >= 11 is 0. The molecule has 0 atom stereocenters. The second-order valence-corrected chi connectivity index (χ2v) is 4.64. The number of imidazole rings is 1. The molecule has 0 aliphatic carbocycles. The number of amides is 1. The van der Waals surface area contributed by atoms with E-state index >= 15 is 0 Å². The van der Waals surface area contributed by atoms with Crippen LogP contribution in [0.1, 0.15) is 16.1 Å². The first kappa shape index (κ1) is 12.4. The predicted octanol–water partition coefficient (Wildman–Crippen LogP) is 2.54. The molecule has 2 N–H and O–H groups in total. The third-order valence-corrected chi connectivity index (χ3v) is 3.25. The summed E-state index contributed by atoms with van der Waals surface area (Å²) in [7, 11) is 0. The van der Waals surface area contributed by atoms with Crippen molar-refractivity contribution in [2.24, 2.45) is 0 Å². The Morgan fingerprint density at radius 2 is 2.00 bits per heavy atom. The van der Waals surface area contributed by atoms with Crippen molar-refractivity contribution in [3.8, 4) is 0 Å². The van der Waals surface area contributed by atoms with E-state index < -0.39 is 0 Å². The first-order chi connectivity index (χ1) is 9.83. The molecule has 20 heavy (non-hydrogen) atoms. The Hall–Kier alpha value is -2.62. The molecule has 0 unspecified atom stereocenters. The highest BCUT2D eigenvalue weighted by molar-refractivity contribution is 5.98. The fraction of sp³-hybridized carbons (Fsp3) is 0.125. The third kappa shape index (κ3) is 2.69. The number of carbonyl (C=O) groups excluding carboxylic acids is 1. The molecule has 1 heterocycles. The summed E-state index contributed by atoms with van der Waals surface area (Å²) < 4.78 is 0. The molecule has 0 fully saturated rings. The van der Waals surface area contributed by atoms with Crippen LogP contribution in [0, 0.1) is 0 Å². The Morgan fingerprint density at radius 3 is 2.80 bits per heavy atom. The average Bonchev–Trinajstić information content (AvgIpc) is 3.00. The minimum Gasteiger partial charge on any atom is -0.352 e. The normalized spacial score (nSPS) is 10.6. The van der Waals surface area contributed by atoms with E-state index in [9.17, 15) is 4.79 Å². The smallest absolute Gasteiger partial charge is 0.251 e. The Kier molecular flexibility index (Phi) is 3.46. The van der Waals surface area contributed by atoms with E-state index in [1.54, 1.807) is 12.5 Å². The Bertz CT molecular complexity index is 719. The lowest BCUT2D eigenvalue weighted by atomic mass is 10.1. The lowest BCUT2D eigenvalue weighted by molar-refractivity contribution is 0.0954. The number of aromatic amines is 1. The zero-order chi connectivity index (χ0) is 13.8. The summed E-state index contributed by atoms with van der Waals surface area (Å²) in [6.07, 6.45) is 4.15. The molecule has 0 radical (unpaired) electrons. The first-order valence-corrected chi connectivity index (χ1v) is 6.57. The summed E-state index contributed by atoms with van der Waals surface area (Å²) in [5.41, 5.74) is 1.71. The SMILES string of the molecule is O=C(NCCc1cnc[nH]1)c1ccc2ccccc2c1. The molecular formula is C16H15N3O. The maximum absolute atomic E-state index is 12.1. The quantitative estimate of drug-likeness (QED) is 0.761. The zero-order valence-electron chi connectivity index (χ0n) is 11.0. The molecule has 4 nitrogen and oxygen atoms in total. The third-order valence-electron chi connectivity index (χ3n) is 3.25. The number of benzene rings is 2. The van der Waals surface area contributed by atoms with E-state index in [2.05, 4.69) is 15.3 Å². The van der Waals surface area contributed by atoms with Gasteiger partial charge in [0.2, 0.25) is 0 Å². The van der Waals surface area contributed by atoms with Gasteiger partial charge >= 0.3 is 0 Å². The highest BCUT2D eigenvalue weighted by Gasteiger charge is 2.05. The highest BCUT2D eigenvalue weighted by atomic mass is 16.1. The molecule has 2 aromatic carbocycles. The Balaban J connectivity index is 1.66. The second kappa shape index (κ2) is 5.57. The monoisotopic (exact) mass is 265 g/mol. The number of nitrogens with one attached hydrogen (secondary N) is 2. The molecule has 0 aliphatic heterocycles. The molecule has 1 aromatic heterocycles. The van der Waals surface area contributed by atoms with Gasteiger partial charge in [-0.05, 0) is 22.9 Å². The van der Waals surface area contributed by atoms with Crippen molar-refractivity contribution in [3.05, 3.63) is 66.2 Å². The summed E-state index contributed by atoms with van der Waals surface area (Å²) in [5, 5.41) is 5.13. The van der Waals surface area contributed by atoms with Crippen LogP contribution in [0.3, 0.4) is 0 Å². The second-order valence-electron chi connectivity index (χ2n) is 4.64. The summed E-state index contributed by atoms with van der Waals surface area (Å²) in [6, 6.07) is 13.8. The van der Waals surface area contributed by atoms with Crippen molar-refractivity contribution in [2.75, 3.05) is 6.54 Å². The van der Waals surface area contributed by atoms with Crippen LogP contribution in [0.2, 0.25) is 0 Å². The maximum atomic E-state index is 12.1. The van der Waals surface area contributed by atoms with E-state index in [1.165, 1.54) is 0 Å². The number of hydrogen-bond donors (Lipinski definition) is 2. The van der Waals surface area contributed by atoms with Crippen molar-refractivity contribution in [1.29, 1.82) is 0 Å². The van der Waals surface area contributed by atoms with Crippen LogP contribution in [0.4, 0.5) is 0 Å². The lowest BCUT2D eigenvalue weighted by Gasteiger charge is -2.05. The van der Waals surface area contributed by atoms with Crippen LogP contribution in [0.25, 0.3) is 10.8 Å².